The zero-order chi connectivity index (χ0) is 9.23. The van der Waals surface area contributed by atoms with Crippen LogP contribution < -0.4 is 5.32 Å². The van der Waals surface area contributed by atoms with Crippen LogP contribution in [0.5, 0.6) is 0 Å². The van der Waals surface area contributed by atoms with Crippen molar-refractivity contribution in [2.24, 2.45) is 0 Å². The Morgan fingerprint density at radius 3 is 2.67 bits per heavy atom. The van der Waals surface area contributed by atoms with Crippen molar-refractivity contribution in [2.45, 2.75) is 19.3 Å². The average Bonchev–Trinajstić information content (AvgIpc) is 2.02. The standard InChI is InChI=1S/C8H12INO2/c9-6-4-2-1-3-5-7-10-8(11)12/h10H,3-7H2,(H,11,12). The fraction of sp³-hybridized carbons (Fsp3) is 0.625. The number of alkyl halides is 1. The van der Waals surface area contributed by atoms with E-state index in [1.807, 2.05) is 0 Å². The number of nitrogens with one attached hydrogen (secondary N) is 1. The topological polar surface area (TPSA) is 49.3 Å². The van der Waals surface area contributed by atoms with Crippen LogP contribution in [-0.2, 0) is 0 Å². The second-order valence-corrected chi connectivity index (χ2v) is 3.21. The Kier molecular flexibility index (Phi) is 8.34. The van der Waals surface area contributed by atoms with Gasteiger partial charge >= 0.3 is 6.09 Å². The molecule has 0 heterocycles. The number of carboxylic acid groups (broad SMARTS) is 1. The Morgan fingerprint density at radius 1 is 1.42 bits per heavy atom. The first kappa shape index (κ1) is 11.6. The van der Waals surface area contributed by atoms with Gasteiger partial charge in [0.1, 0.15) is 0 Å². The summed E-state index contributed by atoms with van der Waals surface area (Å²) in [7, 11) is 0. The van der Waals surface area contributed by atoms with Crippen LogP contribution in [0.3, 0.4) is 0 Å². The highest BCUT2D eigenvalue weighted by Crippen LogP contribution is 1.87. The molecule has 3 nitrogen and oxygen atoms in total. The van der Waals surface area contributed by atoms with E-state index in [0.717, 1.165) is 23.7 Å². The Morgan fingerprint density at radius 2 is 2.08 bits per heavy atom. The molecule has 4 heteroatoms. The van der Waals surface area contributed by atoms with Gasteiger partial charge in [-0.25, -0.2) is 4.79 Å². The van der Waals surface area contributed by atoms with Gasteiger partial charge in [-0.1, -0.05) is 22.6 Å². The molecule has 0 aromatic rings. The zero-order valence-electron chi connectivity index (χ0n) is 6.77. The number of amides is 1. The molecule has 0 bridgehead atoms. The van der Waals surface area contributed by atoms with E-state index in [-0.39, 0.29) is 0 Å². The van der Waals surface area contributed by atoms with Gasteiger partial charge in [0.2, 0.25) is 0 Å². The molecule has 0 fully saturated rings. The van der Waals surface area contributed by atoms with Crippen molar-refractivity contribution >= 4 is 28.7 Å². The van der Waals surface area contributed by atoms with E-state index < -0.39 is 6.09 Å². The van der Waals surface area contributed by atoms with Gasteiger partial charge < -0.3 is 10.4 Å². The van der Waals surface area contributed by atoms with Gasteiger partial charge in [0, 0.05) is 23.8 Å². The van der Waals surface area contributed by atoms with E-state index in [4.69, 9.17) is 5.11 Å². The fourth-order valence-electron chi connectivity index (χ4n) is 0.596. The lowest BCUT2D eigenvalue weighted by molar-refractivity contribution is 0.194. The summed E-state index contributed by atoms with van der Waals surface area (Å²) < 4.78 is 1.05. The SMILES string of the molecule is O=C(O)NCCCC#CCCI. The minimum absolute atomic E-state index is 0.494. The van der Waals surface area contributed by atoms with E-state index in [2.05, 4.69) is 39.7 Å². The number of rotatable bonds is 4. The summed E-state index contributed by atoms with van der Waals surface area (Å²) in [6.45, 7) is 0.494. The van der Waals surface area contributed by atoms with Gasteiger partial charge in [-0.05, 0) is 6.42 Å². The lowest BCUT2D eigenvalue weighted by Crippen LogP contribution is -2.21. The summed E-state index contributed by atoms with van der Waals surface area (Å²) >= 11 is 2.27. The molecule has 0 saturated heterocycles. The second-order valence-electron chi connectivity index (χ2n) is 2.13. The van der Waals surface area contributed by atoms with E-state index in [9.17, 15) is 4.79 Å². The number of unbranched alkanes of at least 4 members (excludes halogenated alkanes) is 1. The van der Waals surface area contributed by atoms with Gasteiger partial charge in [-0.3, -0.25) is 0 Å². The van der Waals surface area contributed by atoms with Crippen molar-refractivity contribution in [2.75, 3.05) is 11.0 Å². The normalized spacial score (nSPS) is 8.42. The highest BCUT2D eigenvalue weighted by atomic mass is 127. The van der Waals surface area contributed by atoms with Crippen molar-refractivity contribution in [1.29, 1.82) is 0 Å². The maximum atomic E-state index is 9.99. The van der Waals surface area contributed by atoms with Crippen LogP contribution in [0.2, 0.25) is 0 Å². The van der Waals surface area contributed by atoms with Crippen molar-refractivity contribution in [3.05, 3.63) is 0 Å². The van der Waals surface area contributed by atoms with Crippen molar-refractivity contribution < 1.29 is 9.90 Å². The maximum Gasteiger partial charge on any atom is 0.404 e. The smallest absolute Gasteiger partial charge is 0.404 e. The summed E-state index contributed by atoms with van der Waals surface area (Å²) in [5.41, 5.74) is 0. The Hall–Kier alpha value is -0.440. The average molecular weight is 281 g/mol. The molecule has 0 saturated carbocycles. The lowest BCUT2D eigenvalue weighted by atomic mass is 10.3. The van der Waals surface area contributed by atoms with Gasteiger partial charge in [-0.2, -0.15) is 0 Å². The predicted molar refractivity (Wildman–Crippen MR) is 56.5 cm³/mol. The maximum absolute atomic E-state index is 9.99. The molecule has 2 N–H and O–H groups in total. The van der Waals surface area contributed by atoms with Crippen molar-refractivity contribution in [3.8, 4) is 11.8 Å². The molecule has 0 rings (SSSR count). The largest absolute Gasteiger partial charge is 0.465 e. The molecule has 0 aliphatic carbocycles. The molecule has 0 atom stereocenters. The lowest BCUT2D eigenvalue weighted by Gasteiger charge is -1.95. The number of carbonyl (C=O) groups is 1. The van der Waals surface area contributed by atoms with Crippen LogP contribution in [0.1, 0.15) is 19.3 Å². The summed E-state index contributed by atoms with van der Waals surface area (Å²) in [6, 6.07) is 0. The first-order valence-corrected chi connectivity index (χ1v) is 5.28. The van der Waals surface area contributed by atoms with E-state index in [1.165, 1.54) is 0 Å². The highest BCUT2D eigenvalue weighted by molar-refractivity contribution is 14.1. The van der Waals surface area contributed by atoms with Crippen molar-refractivity contribution in [3.63, 3.8) is 0 Å². The van der Waals surface area contributed by atoms with Gasteiger partial charge in [0.15, 0.2) is 0 Å². The molecule has 0 aliphatic heterocycles. The minimum Gasteiger partial charge on any atom is -0.465 e. The Balaban J connectivity index is 3.11. The minimum atomic E-state index is -0.963. The summed E-state index contributed by atoms with van der Waals surface area (Å²) in [4.78, 5) is 9.99. The molecule has 1 amide bonds. The van der Waals surface area contributed by atoms with Gasteiger partial charge in [0.05, 0.1) is 0 Å². The molecule has 0 spiro atoms. The molecular weight excluding hydrogens is 269 g/mol. The number of hydrogen-bond acceptors (Lipinski definition) is 1. The molecule has 0 aromatic carbocycles. The van der Waals surface area contributed by atoms with Crippen LogP contribution in [-0.4, -0.2) is 22.2 Å². The third-order valence-corrected chi connectivity index (χ3v) is 1.64. The van der Waals surface area contributed by atoms with Crippen LogP contribution in [0, 0.1) is 11.8 Å². The molecule has 12 heavy (non-hydrogen) atoms. The van der Waals surface area contributed by atoms with E-state index in [0.29, 0.717) is 6.54 Å². The summed E-state index contributed by atoms with van der Waals surface area (Å²) in [5, 5.41) is 10.5. The quantitative estimate of drug-likeness (QED) is 0.357. The Labute approximate surface area is 86.1 Å². The molecule has 0 unspecified atom stereocenters. The van der Waals surface area contributed by atoms with Crippen LogP contribution in [0.15, 0.2) is 0 Å². The van der Waals surface area contributed by atoms with Crippen LogP contribution in [0.4, 0.5) is 4.79 Å². The third kappa shape index (κ3) is 9.56. The van der Waals surface area contributed by atoms with Crippen LogP contribution >= 0.6 is 22.6 Å². The third-order valence-electron chi connectivity index (χ3n) is 1.10. The molecule has 68 valence electrons. The van der Waals surface area contributed by atoms with Crippen molar-refractivity contribution in [1.82, 2.24) is 5.32 Å². The van der Waals surface area contributed by atoms with E-state index in [1.54, 1.807) is 0 Å². The number of hydrogen-bond donors (Lipinski definition) is 2. The molecule has 0 aromatic heterocycles. The first-order chi connectivity index (χ1) is 5.77. The fourth-order valence-corrected chi connectivity index (χ4v) is 0.866. The first-order valence-electron chi connectivity index (χ1n) is 3.76. The zero-order valence-corrected chi connectivity index (χ0v) is 8.93. The number of halogens is 1. The molecule has 0 radical (unpaired) electrons. The highest BCUT2D eigenvalue weighted by Gasteiger charge is 1.90. The second kappa shape index (κ2) is 8.65. The summed E-state index contributed by atoms with van der Waals surface area (Å²) in [5.74, 6) is 5.96. The predicted octanol–water partition coefficient (Wildman–Crippen LogP) is 1.86. The molecular formula is C8H12INO2. The summed E-state index contributed by atoms with van der Waals surface area (Å²) in [6.07, 6.45) is 1.53. The Bertz CT molecular complexity index is 183. The van der Waals surface area contributed by atoms with Gasteiger partial charge in [-0.15, -0.1) is 11.8 Å². The van der Waals surface area contributed by atoms with Crippen LogP contribution in [0.25, 0.3) is 0 Å². The van der Waals surface area contributed by atoms with Gasteiger partial charge in [0.25, 0.3) is 0 Å². The monoisotopic (exact) mass is 281 g/mol. The molecule has 0 aliphatic rings. The van der Waals surface area contributed by atoms with E-state index >= 15 is 0 Å².